The zero-order valence-electron chi connectivity index (χ0n) is 20.2. The number of carboxylic acids is 1. The number of thioether (sulfide) groups is 1. The highest BCUT2D eigenvalue weighted by Gasteiger charge is 2.30. The summed E-state index contributed by atoms with van der Waals surface area (Å²) in [5.41, 5.74) is 3.97. The Labute approximate surface area is 209 Å². The number of hydrogen-bond donors (Lipinski definition) is 3. The van der Waals surface area contributed by atoms with Crippen molar-refractivity contribution in [2.24, 2.45) is 0 Å². The molecule has 8 nitrogen and oxygen atoms in total. The third-order valence-corrected chi connectivity index (χ3v) is 6.35. The molecule has 2 amide bonds. The molecule has 0 saturated carbocycles. The normalized spacial score (nSPS) is 13.5. The van der Waals surface area contributed by atoms with E-state index in [0.29, 0.717) is 5.75 Å². The average Bonchev–Trinajstić information content (AvgIpc) is 3.13. The van der Waals surface area contributed by atoms with Crippen LogP contribution in [-0.4, -0.2) is 66.0 Å². The fourth-order valence-corrected chi connectivity index (χ4v) is 4.39. The first kappa shape index (κ1) is 26.6. The summed E-state index contributed by atoms with van der Waals surface area (Å²) in [5.74, 6) is -1.01. The molecular weight excluding hydrogens is 468 g/mol. The van der Waals surface area contributed by atoms with E-state index in [1.165, 1.54) is 11.8 Å². The van der Waals surface area contributed by atoms with E-state index in [4.69, 9.17) is 14.6 Å². The minimum Gasteiger partial charge on any atom is -0.481 e. The van der Waals surface area contributed by atoms with Gasteiger partial charge in [-0.1, -0.05) is 48.5 Å². The first-order valence-electron chi connectivity index (χ1n) is 11.5. The number of carboxylic acid groups (broad SMARTS) is 1. The van der Waals surface area contributed by atoms with Crippen molar-refractivity contribution in [3.63, 3.8) is 0 Å². The minimum atomic E-state index is -0.950. The van der Waals surface area contributed by atoms with Crippen molar-refractivity contribution in [2.45, 2.75) is 38.3 Å². The standard InChI is InChI=1S/C26H32N2O6S/c1-26(2,3)34-15-22(24(31)27-12-13-35-16-23(29)30)28-25(32)33-14-21-19-10-6-4-8-17(19)18-9-5-7-11-20(18)21/h4-11,21-22H,12-16H2,1-3H3,(H,27,31)(H,28,32)(H,29,30)/t22-/m0/s1. The zero-order valence-corrected chi connectivity index (χ0v) is 21.0. The van der Waals surface area contributed by atoms with Gasteiger partial charge in [0.2, 0.25) is 5.91 Å². The van der Waals surface area contributed by atoms with E-state index in [-0.39, 0.29) is 31.4 Å². The molecule has 0 unspecified atom stereocenters. The number of amides is 2. The van der Waals surface area contributed by atoms with Crippen LogP contribution in [0.1, 0.15) is 37.8 Å². The molecule has 0 aliphatic heterocycles. The number of nitrogens with one attached hydrogen (secondary N) is 2. The van der Waals surface area contributed by atoms with Gasteiger partial charge in [0.15, 0.2) is 0 Å². The van der Waals surface area contributed by atoms with Crippen LogP contribution < -0.4 is 10.6 Å². The van der Waals surface area contributed by atoms with Crippen LogP contribution in [0.3, 0.4) is 0 Å². The molecule has 0 fully saturated rings. The summed E-state index contributed by atoms with van der Waals surface area (Å²) in [6.07, 6.45) is -0.704. The van der Waals surface area contributed by atoms with Gasteiger partial charge in [-0.3, -0.25) is 9.59 Å². The van der Waals surface area contributed by atoms with Gasteiger partial charge in [0.1, 0.15) is 12.6 Å². The summed E-state index contributed by atoms with van der Waals surface area (Å²) in [6, 6.07) is 15.2. The molecule has 2 aromatic rings. The van der Waals surface area contributed by atoms with Gasteiger partial charge in [-0.25, -0.2) is 4.79 Å². The first-order valence-corrected chi connectivity index (χ1v) is 12.6. The molecule has 1 atom stereocenters. The molecule has 0 aromatic heterocycles. The molecule has 9 heteroatoms. The number of ether oxygens (including phenoxy) is 2. The molecule has 1 aliphatic carbocycles. The summed E-state index contributed by atoms with van der Waals surface area (Å²) >= 11 is 1.20. The molecule has 35 heavy (non-hydrogen) atoms. The first-order chi connectivity index (χ1) is 16.7. The van der Waals surface area contributed by atoms with Crippen molar-refractivity contribution in [1.29, 1.82) is 0 Å². The van der Waals surface area contributed by atoms with E-state index in [2.05, 4.69) is 22.8 Å². The van der Waals surface area contributed by atoms with Crippen LogP contribution in [0.25, 0.3) is 11.1 Å². The Morgan fingerprint density at radius 1 is 1.03 bits per heavy atom. The van der Waals surface area contributed by atoms with E-state index in [1.807, 2.05) is 57.2 Å². The fourth-order valence-electron chi connectivity index (χ4n) is 3.83. The van der Waals surface area contributed by atoms with Gasteiger partial charge >= 0.3 is 12.1 Å². The van der Waals surface area contributed by atoms with Crippen molar-refractivity contribution in [1.82, 2.24) is 10.6 Å². The predicted molar refractivity (Wildman–Crippen MR) is 136 cm³/mol. The largest absolute Gasteiger partial charge is 0.481 e. The lowest BCUT2D eigenvalue weighted by atomic mass is 9.98. The molecule has 3 N–H and O–H groups in total. The summed E-state index contributed by atoms with van der Waals surface area (Å²) in [5, 5.41) is 14.0. The lowest BCUT2D eigenvalue weighted by molar-refractivity contribution is -0.134. The Hall–Kier alpha value is -3.04. The summed E-state index contributed by atoms with van der Waals surface area (Å²) in [7, 11) is 0. The number of rotatable bonds is 11. The average molecular weight is 501 g/mol. The van der Waals surface area contributed by atoms with Gasteiger partial charge in [-0.2, -0.15) is 0 Å². The van der Waals surface area contributed by atoms with Gasteiger partial charge in [-0.05, 0) is 43.0 Å². The van der Waals surface area contributed by atoms with Crippen molar-refractivity contribution >= 4 is 29.7 Å². The van der Waals surface area contributed by atoms with Crippen LogP contribution in [-0.2, 0) is 19.1 Å². The Kier molecular flexibility index (Phi) is 9.17. The Morgan fingerprint density at radius 2 is 1.63 bits per heavy atom. The van der Waals surface area contributed by atoms with E-state index in [9.17, 15) is 14.4 Å². The van der Waals surface area contributed by atoms with E-state index in [0.717, 1.165) is 22.3 Å². The molecule has 0 spiro atoms. The number of carbonyl (C=O) groups excluding carboxylic acids is 2. The SMILES string of the molecule is CC(C)(C)OC[C@H](NC(=O)OCC1c2ccccc2-c2ccccc21)C(=O)NCCSCC(=O)O. The topological polar surface area (TPSA) is 114 Å². The molecule has 1 aliphatic rings. The minimum absolute atomic E-state index is 0.0260. The lowest BCUT2D eigenvalue weighted by Gasteiger charge is -2.25. The maximum atomic E-state index is 12.7. The monoisotopic (exact) mass is 500 g/mol. The van der Waals surface area contributed by atoms with E-state index in [1.54, 1.807) is 0 Å². The van der Waals surface area contributed by atoms with Crippen LogP contribution in [0.15, 0.2) is 48.5 Å². The number of aliphatic carboxylic acids is 1. The Balaban J connectivity index is 1.59. The van der Waals surface area contributed by atoms with Crippen molar-refractivity contribution in [2.75, 3.05) is 31.3 Å². The highest BCUT2D eigenvalue weighted by Crippen LogP contribution is 2.44. The summed E-state index contributed by atoms with van der Waals surface area (Å²) in [4.78, 5) is 36.0. The smallest absolute Gasteiger partial charge is 0.407 e. The maximum absolute atomic E-state index is 12.7. The quantitative estimate of drug-likeness (QED) is 0.404. The molecule has 0 bridgehead atoms. The Morgan fingerprint density at radius 3 is 2.20 bits per heavy atom. The molecule has 0 radical (unpaired) electrons. The van der Waals surface area contributed by atoms with Crippen LogP contribution in [0.5, 0.6) is 0 Å². The molecule has 188 valence electrons. The molecular formula is C26H32N2O6S. The number of fused-ring (bicyclic) bond motifs is 3. The van der Waals surface area contributed by atoms with Gasteiger partial charge < -0.3 is 25.2 Å². The van der Waals surface area contributed by atoms with Crippen LogP contribution in [0.2, 0.25) is 0 Å². The maximum Gasteiger partial charge on any atom is 0.407 e. The highest BCUT2D eigenvalue weighted by molar-refractivity contribution is 7.99. The van der Waals surface area contributed by atoms with Crippen LogP contribution in [0, 0.1) is 0 Å². The number of hydrogen-bond acceptors (Lipinski definition) is 6. The van der Waals surface area contributed by atoms with Crippen LogP contribution >= 0.6 is 11.8 Å². The Bertz CT molecular complexity index is 1010. The zero-order chi connectivity index (χ0) is 25.4. The van der Waals surface area contributed by atoms with Crippen LogP contribution in [0.4, 0.5) is 4.79 Å². The van der Waals surface area contributed by atoms with Gasteiger partial charge in [0.25, 0.3) is 0 Å². The molecule has 0 saturated heterocycles. The number of benzene rings is 2. The third-order valence-electron chi connectivity index (χ3n) is 5.41. The lowest BCUT2D eigenvalue weighted by Crippen LogP contribution is -2.51. The van der Waals surface area contributed by atoms with E-state index < -0.39 is 29.6 Å². The molecule has 2 aromatic carbocycles. The van der Waals surface area contributed by atoms with Gasteiger partial charge in [0.05, 0.1) is 18.0 Å². The van der Waals surface area contributed by atoms with Crippen molar-refractivity contribution in [3.8, 4) is 11.1 Å². The second kappa shape index (κ2) is 12.1. The third kappa shape index (κ3) is 7.73. The summed E-state index contributed by atoms with van der Waals surface area (Å²) in [6.45, 7) is 5.96. The number of alkyl carbamates (subject to hydrolysis) is 1. The predicted octanol–water partition coefficient (Wildman–Crippen LogP) is 3.64. The fraction of sp³-hybridized carbons (Fsp3) is 0.423. The van der Waals surface area contributed by atoms with Gasteiger partial charge in [-0.15, -0.1) is 11.8 Å². The molecule has 3 rings (SSSR count). The molecule has 0 heterocycles. The van der Waals surface area contributed by atoms with Crippen molar-refractivity contribution < 1.29 is 29.0 Å². The second-order valence-electron chi connectivity index (χ2n) is 9.18. The summed E-state index contributed by atoms with van der Waals surface area (Å²) < 4.78 is 11.3. The highest BCUT2D eigenvalue weighted by atomic mass is 32.2. The van der Waals surface area contributed by atoms with E-state index >= 15 is 0 Å². The van der Waals surface area contributed by atoms with Crippen molar-refractivity contribution in [3.05, 3.63) is 59.7 Å². The second-order valence-corrected chi connectivity index (χ2v) is 10.3. The number of carbonyl (C=O) groups is 3. The van der Waals surface area contributed by atoms with Gasteiger partial charge in [0, 0.05) is 18.2 Å².